The molecule has 4 aromatic rings. The first-order valence-corrected chi connectivity index (χ1v) is 13.2. The van der Waals surface area contributed by atoms with Crippen molar-refractivity contribution in [2.24, 2.45) is 4.99 Å². The lowest BCUT2D eigenvalue weighted by molar-refractivity contribution is -0.113. The number of aliphatic imine (C=N–C) groups is 1. The molecule has 0 aromatic heterocycles. The lowest BCUT2D eigenvalue weighted by atomic mass is 10.1. The number of benzene rings is 4. The molecule has 0 spiro atoms. The van der Waals surface area contributed by atoms with E-state index < -0.39 is 0 Å². The molecule has 0 aliphatic carbocycles. The van der Waals surface area contributed by atoms with Gasteiger partial charge in [0.25, 0.3) is 5.91 Å². The average molecular weight is 539 g/mol. The number of hydrogen-bond acceptors (Lipinski definition) is 5. The molecule has 0 saturated carbocycles. The number of thioether (sulfide) groups is 1. The number of nitrogens with zero attached hydrogens (tertiary/aromatic N) is 2. The Morgan fingerprint density at radius 1 is 0.897 bits per heavy atom. The molecular formula is C32H27FN2O3S. The molecule has 5 nitrogen and oxygen atoms in total. The number of carbonyl (C=O) groups is 1. The molecule has 0 radical (unpaired) electrons. The second-order valence-corrected chi connectivity index (χ2v) is 10.2. The van der Waals surface area contributed by atoms with Gasteiger partial charge < -0.3 is 9.47 Å². The van der Waals surface area contributed by atoms with Crippen LogP contribution in [0.1, 0.15) is 22.3 Å². The van der Waals surface area contributed by atoms with Crippen LogP contribution in [-0.4, -0.2) is 18.2 Å². The highest BCUT2D eigenvalue weighted by molar-refractivity contribution is 8.19. The predicted molar refractivity (Wildman–Crippen MR) is 156 cm³/mol. The molecule has 1 aliphatic heterocycles. The number of rotatable bonds is 7. The van der Waals surface area contributed by atoms with Crippen LogP contribution in [0.15, 0.2) is 101 Å². The lowest BCUT2D eigenvalue weighted by Crippen LogP contribution is -2.28. The van der Waals surface area contributed by atoms with Gasteiger partial charge in [0.05, 0.1) is 23.4 Å². The SMILES string of the molecule is COc1cc(/C=C2\SC(=Nc3ccc(C)cc3)N(c3ccc(C)cc3)C2=O)ccc1OCc1cccc(F)c1. The van der Waals surface area contributed by atoms with Gasteiger partial charge in [0.15, 0.2) is 16.7 Å². The summed E-state index contributed by atoms with van der Waals surface area (Å²) in [6.45, 7) is 4.24. The first kappa shape index (κ1) is 26.3. The molecule has 5 rings (SSSR count). The summed E-state index contributed by atoms with van der Waals surface area (Å²) in [6.07, 6.45) is 1.82. The fraction of sp³-hybridized carbons (Fsp3) is 0.125. The highest BCUT2D eigenvalue weighted by Gasteiger charge is 2.34. The average Bonchev–Trinajstić information content (AvgIpc) is 3.23. The van der Waals surface area contributed by atoms with Gasteiger partial charge in [-0.05, 0) is 91.3 Å². The van der Waals surface area contributed by atoms with Crippen molar-refractivity contribution < 1.29 is 18.7 Å². The fourth-order valence-electron chi connectivity index (χ4n) is 4.03. The van der Waals surface area contributed by atoms with Crippen molar-refractivity contribution in [3.8, 4) is 11.5 Å². The van der Waals surface area contributed by atoms with E-state index in [1.54, 1.807) is 30.2 Å². The molecule has 4 aromatic carbocycles. The summed E-state index contributed by atoms with van der Waals surface area (Å²) < 4.78 is 24.9. The van der Waals surface area contributed by atoms with Gasteiger partial charge in [-0.15, -0.1) is 0 Å². The van der Waals surface area contributed by atoms with E-state index in [1.165, 1.54) is 23.9 Å². The highest BCUT2D eigenvalue weighted by atomic mass is 32.2. The molecule has 196 valence electrons. The number of amides is 1. The third kappa shape index (κ3) is 6.21. The van der Waals surface area contributed by atoms with E-state index in [2.05, 4.69) is 0 Å². The van der Waals surface area contributed by atoms with Gasteiger partial charge >= 0.3 is 0 Å². The van der Waals surface area contributed by atoms with Crippen molar-refractivity contribution in [1.29, 1.82) is 0 Å². The van der Waals surface area contributed by atoms with Gasteiger partial charge in [-0.3, -0.25) is 9.69 Å². The molecule has 39 heavy (non-hydrogen) atoms. The van der Waals surface area contributed by atoms with Crippen molar-refractivity contribution in [1.82, 2.24) is 0 Å². The van der Waals surface area contributed by atoms with E-state index in [1.807, 2.05) is 80.6 Å². The lowest BCUT2D eigenvalue weighted by Gasteiger charge is -2.16. The van der Waals surface area contributed by atoms with Crippen molar-refractivity contribution in [3.63, 3.8) is 0 Å². The maximum absolute atomic E-state index is 13.6. The number of carbonyl (C=O) groups excluding carboxylic acids is 1. The Morgan fingerprint density at radius 3 is 2.31 bits per heavy atom. The largest absolute Gasteiger partial charge is 0.493 e. The Balaban J connectivity index is 1.44. The third-order valence-electron chi connectivity index (χ3n) is 6.13. The standard InChI is InChI=1S/C32H27FN2O3S/c1-21-7-12-26(13-8-21)34-32-35(27-14-9-22(2)10-15-27)31(36)30(39-32)19-23-11-16-28(29(18-23)37-3)38-20-24-5-4-6-25(33)17-24/h4-19H,20H2,1-3H3/b30-19-,34-32?. The van der Waals surface area contributed by atoms with Crippen LogP contribution < -0.4 is 14.4 Å². The van der Waals surface area contributed by atoms with Crippen molar-refractivity contribution in [2.45, 2.75) is 20.5 Å². The zero-order valence-corrected chi connectivity index (χ0v) is 22.7. The molecule has 0 bridgehead atoms. The van der Waals surface area contributed by atoms with Crippen LogP contribution in [0.4, 0.5) is 15.8 Å². The maximum atomic E-state index is 13.6. The Labute approximate surface area is 231 Å². The molecule has 0 N–H and O–H groups in total. The molecule has 1 amide bonds. The Bertz CT molecular complexity index is 1560. The smallest absolute Gasteiger partial charge is 0.271 e. The van der Waals surface area contributed by atoms with Gasteiger partial charge in [0.2, 0.25) is 0 Å². The van der Waals surface area contributed by atoms with Gasteiger partial charge in [0, 0.05) is 0 Å². The van der Waals surface area contributed by atoms with E-state index in [0.717, 1.165) is 28.1 Å². The predicted octanol–water partition coefficient (Wildman–Crippen LogP) is 7.84. The van der Waals surface area contributed by atoms with Crippen LogP contribution in [0.2, 0.25) is 0 Å². The monoisotopic (exact) mass is 538 g/mol. The van der Waals surface area contributed by atoms with Crippen LogP contribution >= 0.6 is 11.8 Å². The number of amidine groups is 1. The van der Waals surface area contributed by atoms with Gasteiger partial charge in [-0.1, -0.05) is 53.6 Å². The van der Waals surface area contributed by atoms with Crippen molar-refractivity contribution >= 4 is 40.3 Å². The molecule has 1 fully saturated rings. The van der Waals surface area contributed by atoms with Crippen molar-refractivity contribution in [3.05, 3.63) is 124 Å². The number of anilines is 1. The summed E-state index contributed by atoms with van der Waals surface area (Å²) in [6, 6.07) is 27.4. The number of ether oxygens (including phenoxy) is 2. The van der Waals surface area contributed by atoms with Gasteiger partial charge in [-0.25, -0.2) is 9.38 Å². The Hall–Kier alpha value is -4.36. The van der Waals surface area contributed by atoms with Crippen LogP contribution in [0.5, 0.6) is 11.5 Å². The number of hydrogen-bond donors (Lipinski definition) is 0. The van der Waals surface area contributed by atoms with Crippen LogP contribution in [0, 0.1) is 19.7 Å². The first-order chi connectivity index (χ1) is 18.9. The van der Waals surface area contributed by atoms with Gasteiger partial charge in [0.1, 0.15) is 12.4 Å². The van der Waals surface area contributed by atoms with Crippen LogP contribution in [0.3, 0.4) is 0 Å². The minimum absolute atomic E-state index is 0.153. The second kappa shape index (κ2) is 11.6. The minimum Gasteiger partial charge on any atom is -0.493 e. The Kier molecular flexibility index (Phi) is 7.79. The summed E-state index contributed by atoms with van der Waals surface area (Å²) in [4.78, 5) is 20.6. The van der Waals surface area contributed by atoms with Crippen LogP contribution in [0.25, 0.3) is 6.08 Å². The van der Waals surface area contributed by atoms with E-state index in [0.29, 0.717) is 27.1 Å². The van der Waals surface area contributed by atoms with Gasteiger partial charge in [-0.2, -0.15) is 0 Å². The molecule has 1 heterocycles. The molecule has 1 saturated heterocycles. The summed E-state index contributed by atoms with van der Waals surface area (Å²) in [7, 11) is 1.56. The Morgan fingerprint density at radius 2 is 1.62 bits per heavy atom. The zero-order chi connectivity index (χ0) is 27.4. The normalized spacial score (nSPS) is 15.3. The maximum Gasteiger partial charge on any atom is 0.271 e. The minimum atomic E-state index is -0.311. The summed E-state index contributed by atoms with van der Waals surface area (Å²) in [5, 5.41) is 0.584. The molecule has 7 heteroatoms. The third-order valence-corrected chi connectivity index (χ3v) is 7.09. The number of methoxy groups -OCH3 is 1. The second-order valence-electron chi connectivity index (χ2n) is 9.15. The molecular weight excluding hydrogens is 511 g/mol. The summed E-state index contributed by atoms with van der Waals surface area (Å²) in [5.74, 6) is 0.575. The van der Waals surface area contributed by atoms with Crippen LogP contribution in [-0.2, 0) is 11.4 Å². The highest BCUT2D eigenvalue weighted by Crippen LogP contribution is 2.38. The summed E-state index contributed by atoms with van der Waals surface area (Å²) in [5.41, 5.74) is 5.27. The quantitative estimate of drug-likeness (QED) is 0.225. The molecule has 0 atom stereocenters. The van der Waals surface area contributed by atoms with Crippen molar-refractivity contribution in [2.75, 3.05) is 12.0 Å². The molecule has 0 unspecified atom stereocenters. The molecule has 1 aliphatic rings. The number of halogens is 1. The van der Waals surface area contributed by atoms with E-state index in [9.17, 15) is 9.18 Å². The van der Waals surface area contributed by atoms with E-state index in [-0.39, 0.29) is 18.3 Å². The first-order valence-electron chi connectivity index (χ1n) is 12.4. The zero-order valence-electron chi connectivity index (χ0n) is 21.9. The summed E-state index contributed by atoms with van der Waals surface area (Å²) >= 11 is 1.33. The van der Waals surface area contributed by atoms with E-state index >= 15 is 0 Å². The topological polar surface area (TPSA) is 51.1 Å². The van der Waals surface area contributed by atoms with E-state index in [4.69, 9.17) is 14.5 Å². The number of aryl methyl sites for hydroxylation is 2. The fourth-order valence-corrected chi connectivity index (χ4v) is 5.03.